The van der Waals surface area contributed by atoms with Crippen LogP contribution in [-0.4, -0.2) is 37.2 Å². The number of allylic oxidation sites excluding steroid dienone is 20. The van der Waals surface area contributed by atoms with Crippen LogP contribution < -0.4 is 0 Å². The molecule has 0 aromatic heterocycles. The first-order valence-electron chi connectivity index (χ1n) is 24.6. The fourth-order valence-electron chi connectivity index (χ4n) is 6.10. The molecule has 62 heavy (non-hydrogen) atoms. The van der Waals surface area contributed by atoms with E-state index < -0.39 is 6.10 Å². The highest BCUT2D eigenvalue weighted by molar-refractivity contribution is 5.71. The second kappa shape index (κ2) is 49.5. The van der Waals surface area contributed by atoms with Gasteiger partial charge in [-0.3, -0.25) is 14.4 Å². The lowest BCUT2D eigenvalue weighted by Gasteiger charge is -2.18. The zero-order valence-electron chi connectivity index (χ0n) is 39.6. The van der Waals surface area contributed by atoms with Crippen LogP contribution in [0, 0.1) is 0 Å². The van der Waals surface area contributed by atoms with Crippen molar-refractivity contribution in [3.63, 3.8) is 0 Å². The Labute approximate surface area is 380 Å². The van der Waals surface area contributed by atoms with Crippen LogP contribution in [0.1, 0.15) is 194 Å². The van der Waals surface area contributed by atoms with E-state index in [1.54, 1.807) is 0 Å². The first kappa shape index (κ1) is 57.8. The molecule has 348 valence electrons. The Kier molecular flexibility index (Phi) is 46.1. The van der Waals surface area contributed by atoms with Crippen LogP contribution in [0.2, 0.25) is 0 Å². The van der Waals surface area contributed by atoms with Gasteiger partial charge in [-0.1, -0.05) is 200 Å². The SMILES string of the molecule is CC\C=C/C=C\C=C/C=C\C=C/CCCC(=O)OCC(COC(=O)CCC/C=C\C/C=C\C/C=C\C/C=C\CCCCC)OC(=O)CCCCC/C=C\CCCCCCCCC. The molecular formula is C56H88O6. The number of ether oxygens (including phenoxy) is 3. The topological polar surface area (TPSA) is 78.9 Å². The summed E-state index contributed by atoms with van der Waals surface area (Å²) in [6.45, 7) is 6.31. The molecule has 0 aromatic carbocycles. The molecule has 0 rings (SSSR count). The third kappa shape index (κ3) is 46.9. The quantitative estimate of drug-likeness (QED) is 0.0200. The van der Waals surface area contributed by atoms with Gasteiger partial charge in [0, 0.05) is 19.3 Å². The number of esters is 3. The molecule has 6 nitrogen and oxygen atoms in total. The maximum Gasteiger partial charge on any atom is 0.306 e. The summed E-state index contributed by atoms with van der Waals surface area (Å²) in [5.74, 6) is -1.09. The Morgan fingerprint density at radius 1 is 0.355 bits per heavy atom. The fourth-order valence-corrected chi connectivity index (χ4v) is 6.10. The van der Waals surface area contributed by atoms with Gasteiger partial charge in [0.2, 0.25) is 0 Å². The minimum Gasteiger partial charge on any atom is -0.462 e. The molecule has 0 aliphatic carbocycles. The van der Waals surface area contributed by atoms with Crippen molar-refractivity contribution >= 4 is 17.9 Å². The summed E-state index contributed by atoms with van der Waals surface area (Å²) >= 11 is 0. The van der Waals surface area contributed by atoms with E-state index in [2.05, 4.69) is 87.6 Å². The third-order valence-electron chi connectivity index (χ3n) is 9.80. The Morgan fingerprint density at radius 2 is 0.710 bits per heavy atom. The number of carbonyl (C=O) groups excluding carboxylic acids is 3. The number of hydrogen-bond acceptors (Lipinski definition) is 6. The highest BCUT2D eigenvalue weighted by Crippen LogP contribution is 2.11. The minimum atomic E-state index is -0.839. The van der Waals surface area contributed by atoms with Crippen LogP contribution in [-0.2, 0) is 28.6 Å². The maximum absolute atomic E-state index is 12.8. The van der Waals surface area contributed by atoms with E-state index in [0.717, 1.165) is 70.6 Å². The molecule has 0 N–H and O–H groups in total. The maximum atomic E-state index is 12.8. The first-order valence-corrected chi connectivity index (χ1v) is 24.6. The van der Waals surface area contributed by atoms with Gasteiger partial charge in [0.15, 0.2) is 6.10 Å². The predicted molar refractivity (Wildman–Crippen MR) is 265 cm³/mol. The van der Waals surface area contributed by atoms with Gasteiger partial charge in [0.05, 0.1) is 0 Å². The van der Waals surface area contributed by atoms with Gasteiger partial charge in [0.1, 0.15) is 13.2 Å². The molecule has 0 saturated heterocycles. The van der Waals surface area contributed by atoms with Crippen molar-refractivity contribution in [2.24, 2.45) is 0 Å². The molecule has 1 unspecified atom stereocenters. The van der Waals surface area contributed by atoms with Crippen molar-refractivity contribution < 1.29 is 28.6 Å². The van der Waals surface area contributed by atoms with E-state index in [9.17, 15) is 14.4 Å². The zero-order valence-corrected chi connectivity index (χ0v) is 39.6. The summed E-state index contributed by atoms with van der Waals surface area (Å²) in [4.78, 5) is 37.8. The van der Waals surface area contributed by atoms with E-state index in [-0.39, 0.29) is 50.4 Å². The van der Waals surface area contributed by atoms with Crippen LogP contribution in [0.3, 0.4) is 0 Å². The summed E-state index contributed by atoms with van der Waals surface area (Å²) < 4.78 is 16.6. The standard InChI is InChI=1S/C56H88O6/c1-4-7-10-13-16-19-22-25-27-28-29-32-34-37-40-43-46-49-55(58)61-52-53(51-60-54(57)48-45-42-39-36-33-30-24-21-18-15-12-9-6-3)62-56(59)50-47-44-41-38-35-31-26-23-20-17-14-11-8-5-2/h9,12,15-16,18-19,21,24-25,27,29-33,35-37,39-40,53H,4-8,10-11,13-14,17,20,22-23,26,28,34,38,41-52H2,1-3H3/b12-9-,18-15-,19-16-,24-21-,27-25-,32-29-,33-30-,35-31-,39-36-,40-37-. The molecule has 6 heteroatoms. The molecule has 0 bridgehead atoms. The van der Waals surface area contributed by atoms with Crippen molar-refractivity contribution in [1.29, 1.82) is 0 Å². The summed E-state index contributed by atoms with van der Waals surface area (Å²) in [5, 5.41) is 0. The molecule has 0 radical (unpaired) electrons. The lowest BCUT2D eigenvalue weighted by atomic mass is 10.1. The Bertz CT molecular complexity index is 1350. The first-order chi connectivity index (χ1) is 30.5. The number of carbonyl (C=O) groups is 3. The number of rotatable bonds is 42. The molecule has 1 atom stereocenters. The minimum absolute atomic E-state index is 0.138. The van der Waals surface area contributed by atoms with Crippen LogP contribution in [0.5, 0.6) is 0 Å². The number of unbranched alkanes of at least 4 members (excludes halogenated alkanes) is 15. The molecular weight excluding hydrogens is 769 g/mol. The summed E-state index contributed by atoms with van der Waals surface area (Å²) in [6, 6.07) is 0. The predicted octanol–water partition coefficient (Wildman–Crippen LogP) is 16.1. The van der Waals surface area contributed by atoms with Gasteiger partial charge in [-0.15, -0.1) is 0 Å². The van der Waals surface area contributed by atoms with Gasteiger partial charge >= 0.3 is 17.9 Å². The lowest BCUT2D eigenvalue weighted by molar-refractivity contribution is -0.167. The Balaban J connectivity index is 4.62. The smallest absolute Gasteiger partial charge is 0.306 e. The van der Waals surface area contributed by atoms with E-state index in [0.29, 0.717) is 12.8 Å². The fraction of sp³-hybridized carbons (Fsp3) is 0.589. The van der Waals surface area contributed by atoms with Crippen molar-refractivity contribution in [2.45, 2.75) is 200 Å². The van der Waals surface area contributed by atoms with E-state index >= 15 is 0 Å². The highest BCUT2D eigenvalue weighted by Gasteiger charge is 2.19. The van der Waals surface area contributed by atoms with Gasteiger partial charge in [-0.2, -0.15) is 0 Å². The Morgan fingerprint density at radius 3 is 1.23 bits per heavy atom. The largest absolute Gasteiger partial charge is 0.462 e. The van der Waals surface area contributed by atoms with Crippen LogP contribution in [0.25, 0.3) is 0 Å². The number of hydrogen-bond donors (Lipinski definition) is 0. The van der Waals surface area contributed by atoms with Crippen molar-refractivity contribution in [3.8, 4) is 0 Å². The molecule has 0 spiro atoms. The lowest BCUT2D eigenvalue weighted by Crippen LogP contribution is -2.30. The van der Waals surface area contributed by atoms with Crippen LogP contribution >= 0.6 is 0 Å². The van der Waals surface area contributed by atoms with Crippen LogP contribution in [0.4, 0.5) is 0 Å². The van der Waals surface area contributed by atoms with E-state index in [1.165, 1.54) is 70.6 Å². The van der Waals surface area contributed by atoms with Crippen LogP contribution in [0.15, 0.2) is 122 Å². The second-order valence-electron chi connectivity index (χ2n) is 15.8. The highest BCUT2D eigenvalue weighted by atomic mass is 16.6. The zero-order chi connectivity index (χ0) is 45.1. The summed E-state index contributed by atoms with van der Waals surface area (Å²) in [7, 11) is 0. The second-order valence-corrected chi connectivity index (χ2v) is 15.8. The third-order valence-corrected chi connectivity index (χ3v) is 9.80. The molecule has 0 aliphatic rings. The molecule has 0 heterocycles. The van der Waals surface area contributed by atoms with E-state index in [1.807, 2.05) is 54.7 Å². The normalized spacial score (nSPS) is 13.1. The van der Waals surface area contributed by atoms with Gasteiger partial charge in [0.25, 0.3) is 0 Å². The van der Waals surface area contributed by atoms with Crippen molar-refractivity contribution in [3.05, 3.63) is 122 Å². The molecule has 0 aromatic rings. The summed E-state index contributed by atoms with van der Waals surface area (Å²) in [6.07, 6.45) is 67.7. The summed E-state index contributed by atoms with van der Waals surface area (Å²) in [5.41, 5.74) is 0. The monoisotopic (exact) mass is 857 g/mol. The van der Waals surface area contributed by atoms with Gasteiger partial charge < -0.3 is 14.2 Å². The molecule has 0 fully saturated rings. The van der Waals surface area contributed by atoms with Crippen molar-refractivity contribution in [2.75, 3.05) is 13.2 Å². The average molecular weight is 857 g/mol. The van der Waals surface area contributed by atoms with Crippen molar-refractivity contribution in [1.82, 2.24) is 0 Å². The molecule has 0 aliphatic heterocycles. The van der Waals surface area contributed by atoms with E-state index in [4.69, 9.17) is 14.2 Å². The molecule has 0 saturated carbocycles. The van der Waals surface area contributed by atoms with Gasteiger partial charge in [-0.05, 0) is 96.3 Å². The van der Waals surface area contributed by atoms with Gasteiger partial charge in [-0.25, -0.2) is 0 Å². The average Bonchev–Trinajstić information content (AvgIpc) is 3.27. The molecule has 0 amide bonds. The Hall–Kier alpha value is -4.19.